The topological polar surface area (TPSA) is 124 Å². The molecule has 1 amide bonds. The fraction of sp³-hybridized carbons (Fsp3) is 0.429. The van der Waals surface area contributed by atoms with Gasteiger partial charge in [0.2, 0.25) is 5.91 Å². The summed E-state index contributed by atoms with van der Waals surface area (Å²) in [4.78, 5) is 21.4. The number of fused-ring (bicyclic) bond motifs is 3. The normalized spacial score (nSPS) is 12.5. The first kappa shape index (κ1) is 22.3. The minimum Gasteiger partial charge on any atom is -0.382 e. The Kier molecular flexibility index (Phi) is 7.89. The van der Waals surface area contributed by atoms with E-state index in [1.807, 2.05) is 24.3 Å². The number of thioether (sulfide) groups is 1. The van der Waals surface area contributed by atoms with Gasteiger partial charge in [0.15, 0.2) is 5.82 Å². The molecule has 0 saturated heterocycles. The summed E-state index contributed by atoms with van der Waals surface area (Å²) in [5, 5.41) is 7.29. The Hall–Kier alpha value is -2.36. The van der Waals surface area contributed by atoms with Gasteiger partial charge >= 0.3 is 0 Å². The zero-order chi connectivity index (χ0) is 21.5. The molecule has 0 aliphatic rings. The molecule has 0 aliphatic carbocycles. The molecule has 0 fully saturated rings. The number of aryl methyl sites for hydroxylation is 1. The van der Waals surface area contributed by atoms with E-state index in [-0.39, 0.29) is 5.91 Å². The van der Waals surface area contributed by atoms with E-state index in [4.69, 9.17) is 16.5 Å². The number of imidazole rings is 1. The van der Waals surface area contributed by atoms with Crippen molar-refractivity contribution in [2.75, 3.05) is 30.3 Å². The second-order valence-electron chi connectivity index (χ2n) is 7.00. The number of para-hydroxylation sites is 1. The minimum atomic E-state index is -0.509. The number of pyridine rings is 1. The third-order valence-electron chi connectivity index (χ3n) is 4.86. The van der Waals surface area contributed by atoms with E-state index in [0.29, 0.717) is 37.0 Å². The monoisotopic (exact) mass is 428 g/mol. The van der Waals surface area contributed by atoms with Gasteiger partial charge < -0.3 is 26.7 Å². The Morgan fingerprint density at radius 3 is 2.90 bits per heavy atom. The van der Waals surface area contributed by atoms with Crippen molar-refractivity contribution in [1.29, 1.82) is 0 Å². The predicted octanol–water partition coefficient (Wildman–Crippen LogP) is 1.68. The Morgan fingerprint density at radius 1 is 1.33 bits per heavy atom. The lowest BCUT2D eigenvalue weighted by molar-refractivity contribution is -0.121. The van der Waals surface area contributed by atoms with Crippen LogP contribution in [0.4, 0.5) is 5.82 Å². The van der Waals surface area contributed by atoms with Crippen LogP contribution in [-0.4, -0.2) is 51.1 Å². The van der Waals surface area contributed by atoms with Crippen LogP contribution in [0.3, 0.4) is 0 Å². The second kappa shape index (κ2) is 10.6. The largest absolute Gasteiger partial charge is 0.382 e. The van der Waals surface area contributed by atoms with Crippen LogP contribution in [0.2, 0.25) is 0 Å². The van der Waals surface area contributed by atoms with E-state index in [1.165, 1.54) is 0 Å². The van der Waals surface area contributed by atoms with Gasteiger partial charge in [-0.3, -0.25) is 4.79 Å². The highest BCUT2D eigenvalue weighted by atomic mass is 32.2. The van der Waals surface area contributed by atoms with Gasteiger partial charge in [-0.25, -0.2) is 9.97 Å². The molecule has 3 aromatic rings. The number of hydrogen-bond acceptors (Lipinski definition) is 7. The molecule has 1 atom stereocenters. The molecule has 9 heteroatoms. The summed E-state index contributed by atoms with van der Waals surface area (Å²) in [6.45, 7) is 8.54. The lowest BCUT2D eigenvalue weighted by Gasteiger charge is -2.13. The molecule has 3 rings (SSSR count). The molecule has 8 nitrogen and oxygen atoms in total. The maximum atomic E-state index is 12.1. The maximum Gasteiger partial charge on any atom is 0.237 e. The zero-order valence-electron chi connectivity index (χ0n) is 17.4. The number of nitrogen functional groups attached to an aromatic ring is 1. The molecule has 161 valence electrons. The lowest BCUT2D eigenvalue weighted by Crippen LogP contribution is -2.42. The average molecular weight is 429 g/mol. The summed E-state index contributed by atoms with van der Waals surface area (Å²) in [7, 11) is 0. The zero-order valence-corrected chi connectivity index (χ0v) is 18.2. The number of benzene rings is 1. The van der Waals surface area contributed by atoms with Crippen molar-refractivity contribution >= 4 is 45.4 Å². The quantitative estimate of drug-likeness (QED) is 0.343. The van der Waals surface area contributed by atoms with Gasteiger partial charge in [0.1, 0.15) is 11.3 Å². The van der Waals surface area contributed by atoms with E-state index in [1.54, 1.807) is 11.8 Å². The van der Waals surface area contributed by atoms with Gasteiger partial charge in [-0.05, 0) is 31.7 Å². The molecule has 0 aliphatic heterocycles. The third kappa shape index (κ3) is 5.03. The minimum absolute atomic E-state index is 0.127. The summed E-state index contributed by atoms with van der Waals surface area (Å²) >= 11 is 1.56. The Balaban J connectivity index is 1.80. The number of anilines is 1. The highest BCUT2D eigenvalue weighted by Gasteiger charge is 2.17. The van der Waals surface area contributed by atoms with Crippen LogP contribution in [0.25, 0.3) is 21.9 Å². The molecule has 0 saturated carbocycles. The van der Waals surface area contributed by atoms with Gasteiger partial charge in [-0.2, -0.15) is 11.8 Å². The number of hydrogen-bond donors (Lipinski definition) is 4. The number of nitrogens with one attached hydrogen (secondary N) is 2. The van der Waals surface area contributed by atoms with Crippen molar-refractivity contribution < 1.29 is 4.79 Å². The second-order valence-corrected chi connectivity index (χ2v) is 8.15. The Bertz CT molecular complexity index is 1000. The highest BCUT2D eigenvalue weighted by molar-refractivity contribution is 7.99. The molecule has 0 spiro atoms. The summed E-state index contributed by atoms with van der Waals surface area (Å²) in [6.07, 6.45) is 0.752. The van der Waals surface area contributed by atoms with Crippen LogP contribution in [0.5, 0.6) is 0 Å². The van der Waals surface area contributed by atoms with Crippen molar-refractivity contribution in [2.24, 2.45) is 5.73 Å². The summed E-state index contributed by atoms with van der Waals surface area (Å²) < 4.78 is 2.18. The molecule has 6 N–H and O–H groups in total. The first-order valence-corrected chi connectivity index (χ1v) is 11.4. The van der Waals surface area contributed by atoms with Crippen LogP contribution in [0, 0.1) is 6.92 Å². The van der Waals surface area contributed by atoms with Crippen molar-refractivity contribution in [3.63, 3.8) is 0 Å². The van der Waals surface area contributed by atoms with E-state index < -0.39 is 6.04 Å². The van der Waals surface area contributed by atoms with E-state index in [9.17, 15) is 4.79 Å². The van der Waals surface area contributed by atoms with Crippen molar-refractivity contribution in [2.45, 2.75) is 32.5 Å². The third-order valence-corrected chi connectivity index (χ3v) is 5.74. The first-order chi connectivity index (χ1) is 14.6. The van der Waals surface area contributed by atoms with E-state index in [2.05, 4.69) is 34.0 Å². The van der Waals surface area contributed by atoms with Gasteiger partial charge in [0.05, 0.1) is 23.6 Å². The lowest BCUT2D eigenvalue weighted by atomic mass is 10.2. The number of nitrogens with zero attached hydrogens (tertiary/aromatic N) is 3. The number of nitrogens with two attached hydrogens (primary N) is 2. The van der Waals surface area contributed by atoms with Crippen molar-refractivity contribution in [3.8, 4) is 0 Å². The van der Waals surface area contributed by atoms with Gasteiger partial charge in [0.25, 0.3) is 0 Å². The molecular weight excluding hydrogens is 398 g/mol. The smallest absolute Gasteiger partial charge is 0.237 e. The standard InChI is InChI=1S/C21H30N7OS/c1-3-24-12-17-27-18-19(14-8-5-6-9-16(14)26-20(18)23)28(17)11-7-10-25-21(29)15(22)13-30-4-2/h5-6,8-9,15,24H,2-4,7,10-13,22H2,1H3,(H2,23,26)(H,25,29)/t15-/m0/s1. The van der Waals surface area contributed by atoms with Crippen LogP contribution in [0.1, 0.15) is 19.2 Å². The van der Waals surface area contributed by atoms with Gasteiger partial charge in [-0.15, -0.1) is 0 Å². The van der Waals surface area contributed by atoms with Crippen molar-refractivity contribution in [1.82, 2.24) is 25.2 Å². The highest BCUT2D eigenvalue weighted by Crippen LogP contribution is 2.28. The van der Waals surface area contributed by atoms with E-state index in [0.717, 1.165) is 40.7 Å². The summed E-state index contributed by atoms with van der Waals surface area (Å²) in [5.74, 6) is 2.49. The van der Waals surface area contributed by atoms with Crippen LogP contribution < -0.4 is 22.1 Å². The molecular formula is C21H30N7OS. The summed E-state index contributed by atoms with van der Waals surface area (Å²) in [6, 6.07) is 7.43. The molecule has 30 heavy (non-hydrogen) atoms. The maximum absolute atomic E-state index is 12.1. The number of aromatic nitrogens is 3. The Labute approximate surface area is 181 Å². The molecule has 0 unspecified atom stereocenters. The van der Waals surface area contributed by atoms with Gasteiger partial charge in [0, 0.05) is 24.2 Å². The van der Waals surface area contributed by atoms with Gasteiger partial charge in [-0.1, -0.05) is 25.1 Å². The van der Waals surface area contributed by atoms with Crippen molar-refractivity contribution in [3.05, 3.63) is 37.0 Å². The number of carbonyl (C=O) groups is 1. The molecule has 0 bridgehead atoms. The fourth-order valence-corrected chi connectivity index (χ4v) is 3.96. The molecule has 2 heterocycles. The van der Waals surface area contributed by atoms with Crippen LogP contribution in [0.15, 0.2) is 24.3 Å². The summed E-state index contributed by atoms with van der Waals surface area (Å²) in [5.41, 5.74) is 14.7. The Morgan fingerprint density at radius 2 is 2.13 bits per heavy atom. The predicted molar refractivity (Wildman–Crippen MR) is 125 cm³/mol. The molecule has 1 aromatic carbocycles. The SMILES string of the molecule is [CH2]CSC[C@H](N)C(=O)NCCCn1c(CNCC)nc2c(N)nc3ccccc3c21. The number of rotatable bonds is 11. The average Bonchev–Trinajstić information content (AvgIpc) is 3.12. The fourth-order valence-electron chi connectivity index (χ4n) is 3.38. The van der Waals surface area contributed by atoms with Crippen LogP contribution >= 0.6 is 11.8 Å². The van der Waals surface area contributed by atoms with E-state index >= 15 is 0 Å². The first-order valence-electron chi connectivity index (χ1n) is 10.2. The molecule has 1 radical (unpaired) electrons. The number of carbonyl (C=O) groups excluding carboxylic acids is 1. The molecule has 2 aromatic heterocycles. The number of amides is 1. The van der Waals surface area contributed by atoms with Crippen LogP contribution in [-0.2, 0) is 17.9 Å².